The number of furan rings is 1. The van der Waals surface area contributed by atoms with Crippen LogP contribution in [0.2, 0.25) is 0 Å². The SMILES string of the molecule is COc1ccc2oc([C@H](C)NC(=O)N3CCO[C@H](c4ccc(F)c(F)c4)C3)c(C)c2c1. The van der Waals surface area contributed by atoms with E-state index in [0.29, 0.717) is 24.5 Å². The lowest BCUT2D eigenvalue weighted by atomic mass is 10.1. The van der Waals surface area contributed by atoms with Crippen LogP contribution in [0.4, 0.5) is 13.6 Å². The molecular formula is C23H24F2N2O4. The number of aryl methyl sites for hydroxylation is 1. The minimum Gasteiger partial charge on any atom is -0.497 e. The number of halogens is 2. The first kappa shape index (κ1) is 21.1. The van der Waals surface area contributed by atoms with Crippen molar-refractivity contribution in [1.29, 1.82) is 0 Å². The van der Waals surface area contributed by atoms with E-state index >= 15 is 0 Å². The third-order valence-electron chi connectivity index (χ3n) is 5.58. The number of amides is 2. The number of ether oxygens (including phenoxy) is 2. The summed E-state index contributed by atoms with van der Waals surface area (Å²) in [4.78, 5) is 14.5. The fourth-order valence-corrected chi connectivity index (χ4v) is 3.85. The van der Waals surface area contributed by atoms with Crippen molar-refractivity contribution in [3.63, 3.8) is 0 Å². The highest BCUT2D eigenvalue weighted by atomic mass is 19.2. The summed E-state index contributed by atoms with van der Waals surface area (Å²) >= 11 is 0. The van der Waals surface area contributed by atoms with E-state index in [1.165, 1.54) is 6.07 Å². The van der Waals surface area contributed by atoms with E-state index in [-0.39, 0.29) is 18.6 Å². The molecule has 0 unspecified atom stereocenters. The molecule has 1 fully saturated rings. The fraction of sp³-hybridized carbons (Fsp3) is 0.348. The molecule has 2 atom stereocenters. The van der Waals surface area contributed by atoms with Crippen LogP contribution in [0.3, 0.4) is 0 Å². The number of morpholine rings is 1. The second kappa shape index (κ2) is 8.55. The van der Waals surface area contributed by atoms with E-state index < -0.39 is 17.7 Å². The third-order valence-corrected chi connectivity index (χ3v) is 5.58. The molecule has 0 bridgehead atoms. The Morgan fingerprint density at radius 3 is 2.77 bits per heavy atom. The average molecular weight is 430 g/mol. The number of nitrogens with zero attached hydrogens (tertiary/aromatic N) is 1. The maximum absolute atomic E-state index is 13.6. The first-order valence-corrected chi connectivity index (χ1v) is 10.1. The minimum atomic E-state index is -0.937. The highest BCUT2D eigenvalue weighted by molar-refractivity contribution is 5.84. The lowest BCUT2D eigenvalue weighted by Crippen LogP contribution is -2.47. The van der Waals surface area contributed by atoms with Gasteiger partial charge in [0.2, 0.25) is 0 Å². The predicted octanol–water partition coefficient (Wildman–Crippen LogP) is 4.87. The summed E-state index contributed by atoms with van der Waals surface area (Å²) in [5.41, 5.74) is 2.15. The smallest absolute Gasteiger partial charge is 0.318 e. The van der Waals surface area contributed by atoms with Gasteiger partial charge < -0.3 is 24.1 Å². The largest absolute Gasteiger partial charge is 0.497 e. The zero-order chi connectivity index (χ0) is 22.1. The summed E-state index contributed by atoms with van der Waals surface area (Å²) in [7, 11) is 1.61. The summed E-state index contributed by atoms with van der Waals surface area (Å²) in [5, 5.41) is 3.89. The molecule has 1 aromatic heterocycles. The van der Waals surface area contributed by atoms with E-state index in [2.05, 4.69) is 5.32 Å². The molecular weight excluding hydrogens is 406 g/mol. The van der Waals surface area contributed by atoms with Gasteiger partial charge in [-0.3, -0.25) is 0 Å². The Kier molecular flexibility index (Phi) is 5.82. The van der Waals surface area contributed by atoms with Crippen LogP contribution >= 0.6 is 0 Å². The zero-order valence-electron chi connectivity index (χ0n) is 17.6. The first-order chi connectivity index (χ1) is 14.9. The van der Waals surface area contributed by atoms with Gasteiger partial charge in [-0.05, 0) is 49.7 Å². The molecule has 2 aromatic carbocycles. The minimum absolute atomic E-state index is 0.236. The molecule has 1 N–H and O–H groups in total. The van der Waals surface area contributed by atoms with Crippen molar-refractivity contribution in [2.45, 2.75) is 26.0 Å². The molecule has 2 amide bonds. The number of fused-ring (bicyclic) bond motifs is 1. The number of hydrogen-bond donors (Lipinski definition) is 1. The number of urea groups is 1. The molecule has 1 saturated heterocycles. The highest BCUT2D eigenvalue weighted by Crippen LogP contribution is 2.32. The molecule has 0 radical (unpaired) electrons. The summed E-state index contributed by atoms with van der Waals surface area (Å²) in [6, 6.07) is 8.57. The Morgan fingerprint density at radius 1 is 1.23 bits per heavy atom. The van der Waals surface area contributed by atoms with Gasteiger partial charge in [-0.15, -0.1) is 0 Å². The van der Waals surface area contributed by atoms with Crippen LogP contribution in [-0.4, -0.2) is 37.7 Å². The number of benzene rings is 2. The molecule has 6 nitrogen and oxygen atoms in total. The van der Waals surface area contributed by atoms with Crippen LogP contribution in [0.15, 0.2) is 40.8 Å². The summed E-state index contributed by atoms with van der Waals surface area (Å²) in [5.74, 6) is -0.451. The quantitative estimate of drug-likeness (QED) is 0.641. The highest BCUT2D eigenvalue weighted by Gasteiger charge is 2.28. The Hall–Kier alpha value is -3.13. The van der Waals surface area contributed by atoms with Crippen molar-refractivity contribution >= 4 is 17.0 Å². The topological polar surface area (TPSA) is 63.9 Å². The summed E-state index contributed by atoms with van der Waals surface area (Å²) in [6.45, 7) is 4.73. The lowest BCUT2D eigenvalue weighted by Gasteiger charge is -2.33. The second-order valence-corrected chi connectivity index (χ2v) is 7.60. The zero-order valence-corrected chi connectivity index (χ0v) is 17.6. The van der Waals surface area contributed by atoms with Crippen LogP contribution in [0.1, 0.15) is 36.0 Å². The standard InChI is InChI=1S/C23H24F2N2O4/c1-13-17-11-16(29-3)5-7-20(17)31-22(13)14(2)26-23(28)27-8-9-30-21(12-27)15-4-6-18(24)19(25)10-15/h4-7,10-11,14,21H,8-9,12H2,1-3H3,(H,26,28)/t14-,21-/m0/s1. The number of carbonyl (C=O) groups excluding carboxylic acids is 1. The van der Waals surface area contributed by atoms with Crippen LogP contribution in [0, 0.1) is 18.6 Å². The van der Waals surface area contributed by atoms with Crippen LogP contribution in [0.5, 0.6) is 5.75 Å². The Bertz CT molecular complexity index is 1110. The van der Waals surface area contributed by atoms with Gasteiger partial charge in [-0.2, -0.15) is 0 Å². The number of methoxy groups -OCH3 is 1. The number of carbonyl (C=O) groups is 1. The normalized spacial score (nSPS) is 17.6. The monoisotopic (exact) mass is 430 g/mol. The van der Waals surface area contributed by atoms with E-state index in [1.54, 1.807) is 12.0 Å². The third kappa shape index (κ3) is 4.20. The van der Waals surface area contributed by atoms with Gasteiger partial charge in [0.15, 0.2) is 11.6 Å². The van der Waals surface area contributed by atoms with Crippen molar-refractivity contribution in [1.82, 2.24) is 10.2 Å². The van der Waals surface area contributed by atoms with Gasteiger partial charge in [0.05, 0.1) is 26.3 Å². The van der Waals surface area contributed by atoms with Gasteiger partial charge in [0.25, 0.3) is 0 Å². The van der Waals surface area contributed by atoms with Gasteiger partial charge in [0, 0.05) is 17.5 Å². The van der Waals surface area contributed by atoms with Gasteiger partial charge >= 0.3 is 6.03 Å². The van der Waals surface area contributed by atoms with Crippen molar-refractivity contribution in [3.8, 4) is 5.75 Å². The molecule has 0 saturated carbocycles. The van der Waals surface area contributed by atoms with E-state index in [0.717, 1.165) is 34.4 Å². The molecule has 1 aliphatic heterocycles. The number of rotatable bonds is 4. The molecule has 2 heterocycles. The predicted molar refractivity (Wildman–Crippen MR) is 111 cm³/mol. The Balaban J connectivity index is 1.46. The molecule has 3 aromatic rings. The molecule has 1 aliphatic rings. The molecule has 0 spiro atoms. The second-order valence-electron chi connectivity index (χ2n) is 7.60. The molecule has 164 valence electrons. The average Bonchev–Trinajstić information content (AvgIpc) is 3.11. The molecule has 0 aliphatic carbocycles. The van der Waals surface area contributed by atoms with Crippen molar-refractivity contribution in [3.05, 3.63) is 64.9 Å². The van der Waals surface area contributed by atoms with E-state index in [9.17, 15) is 13.6 Å². The molecule has 31 heavy (non-hydrogen) atoms. The maximum atomic E-state index is 13.6. The van der Waals surface area contributed by atoms with E-state index in [1.807, 2.05) is 32.0 Å². The Morgan fingerprint density at radius 2 is 2.03 bits per heavy atom. The van der Waals surface area contributed by atoms with Gasteiger partial charge in [0.1, 0.15) is 23.2 Å². The van der Waals surface area contributed by atoms with Gasteiger partial charge in [-0.1, -0.05) is 6.07 Å². The van der Waals surface area contributed by atoms with Crippen LogP contribution < -0.4 is 10.1 Å². The lowest BCUT2D eigenvalue weighted by molar-refractivity contribution is -0.0159. The van der Waals surface area contributed by atoms with E-state index in [4.69, 9.17) is 13.9 Å². The number of hydrogen-bond acceptors (Lipinski definition) is 4. The summed E-state index contributed by atoms with van der Waals surface area (Å²) in [6.07, 6.45) is -0.523. The fourth-order valence-electron chi connectivity index (χ4n) is 3.85. The Labute approximate surface area is 178 Å². The van der Waals surface area contributed by atoms with Gasteiger partial charge in [-0.25, -0.2) is 13.6 Å². The molecule has 4 rings (SSSR count). The van der Waals surface area contributed by atoms with Crippen molar-refractivity contribution in [2.24, 2.45) is 0 Å². The number of nitrogens with one attached hydrogen (secondary N) is 1. The first-order valence-electron chi connectivity index (χ1n) is 10.1. The van der Waals surface area contributed by atoms with Crippen LogP contribution in [-0.2, 0) is 4.74 Å². The maximum Gasteiger partial charge on any atom is 0.318 e. The summed E-state index contributed by atoms with van der Waals surface area (Å²) < 4.78 is 43.7. The van der Waals surface area contributed by atoms with Crippen molar-refractivity contribution < 1.29 is 27.5 Å². The molecule has 8 heteroatoms. The van der Waals surface area contributed by atoms with Crippen molar-refractivity contribution in [2.75, 3.05) is 26.8 Å². The van der Waals surface area contributed by atoms with Crippen LogP contribution in [0.25, 0.3) is 11.0 Å².